The highest BCUT2D eigenvalue weighted by Crippen LogP contribution is 2.11. The summed E-state index contributed by atoms with van der Waals surface area (Å²) < 4.78 is 0. The molecule has 1 aromatic rings. The van der Waals surface area contributed by atoms with Crippen LogP contribution in [0.25, 0.3) is 0 Å². The molecule has 4 heteroatoms. The van der Waals surface area contributed by atoms with E-state index >= 15 is 0 Å². The maximum Gasteiger partial charge on any atom is 0.371 e. The molecule has 0 unspecified atom stereocenters. The van der Waals surface area contributed by atoms with Crippen LogP contribution >= 0.6 is 0 Å². The Bertz CT molecular complexity index is 341. The third kappa shape index (κ3) is 2.59. The van der Waals surface area contributed by atoms with Gasteiger partial charge in [0, 0.05) is 0 Å². The Morgan fingerprint density at radius 3 is 2.38 bits per heavy atom. The topological polar surface area (TPSA) is 75.7 Å². The highest BCUT2D eigenvalue weighted by molar-refractivity contribution is 6.34. The molecule has 0 heterocycles. The zero-order valence-electron chi connectivity index (χ0n) is 7.19. The van der Waals surface area contributed by atoms with Crippen molar-refractivity contribution in [3.05, 3.63) is 29.8 Å². The summed E-state index contributed by atoms with van der Waals surface area (Å²) in [4.78, 5) is 14.0. The van der Waals surface area contributed by atoms with Crippen LogP contribution in [0.15, 0.2) is 29.3 Å². The number of aryl methyl sites for hydroxylation is 1. The minimum Gasteiger partial charge on any atom is -0.475 e. The number of hydrogen-bond acceptors (Lipinski definition) is 2. The smallest absolute Gasteiger partial charge is 0.371 e. The first-order valence-corrected chi connectivity index (χ1v) is 3.73. The highest BCUT2D eigenvalue weighted by Gasteiger charge is 2.01. The molecule has 13 heavy (non-hydrogen) atoms. The van der Waals surface area contributed by atoms with Gasteiger partial charge < -0.3 is 10.8 Å². The number of carbonyl (C=O) groups is 1. The van der Waals surface area contributed by atoms with Gasteiger partial charge in [-0.15, -0.1) is 0 Å². The van der Waals surface area contributed by atoms with Crippen LogP contribution in [0.1, 0.15) is 5.56 Å². The van der Waals surface area contributed by atoms with Gasteiger partial charge in [0.1, 0.15) is 0 Å². The van der Waals surface area contributed by atoms with Crippen LogP contribution in [0.3, 0.4) is 0 Å². The lowest BCUT2D eigenvalue weighted by molar-refractivity contribution is -0.129. The summed E-state index contributed by atoms with van der Waals surface area (Å²) in [7, 11) is 0. The fraction of sp³-hybridized carbons (Fsp3) is 0.111. The van der Waals surface area contributed by atoms with Crippen molar-refractivity contribution in [2.24, 2.45) is 10.7 Å². The van der Waals surface area contributed by atoms with Crippen molar-refractivity contribution in [3.63, 3.8) is 0 Å². The predicted octanol–water partition coefficient (Wildman–Crippen LogP) is 1.07. The van der Waals surface area contributed by atoms with Gasteiger partial charge in [0.2, 0.25) is 5.84 Å². The summed E-state index contributed by atoms with van der Waals surface area (Å²) in [5, 5.41) is 8.44. The molecule has 1 aromatic carbocycles. The molecule has 0 aromatic heterocycles. The molecule has 0 amide bonds. The van der Waals surface area contributed by atoms with Gasteiger partial charge >= 0.3 is 5.97 Å². The lowest BCUT2D eigenvalue weighted by Crippen LogP contribution is -2.22. The number of aliphatic imine (C=N–C) groups is 1. The number of carboxylic acids is 1. The molecule has 1 rings (SSSR count). The lowest BCUT2D eigenvalue weighted by Gasteiger charge is -1.95. The molecule has 0 radical (unpaired) electrons. The summed E-state index contributed by atoms with van der Waals surface area (Å²) in [5.74, 6) is -1.61. The van der Waals surface area contributed by atoms with Gasteiger partial charge in [0.25, 0.3) is 0 Å². The van der Waals surface area contributed by atoms with Crippen molar-refractivity contribution in [2.45, 2.75) is 6.92 Å². The minimum absolute atomic E-state index is 0.399. The van der Waals surface area contributed by atoms with Crippen LogP contribution in [-0.4, -0.2) is 16.9 Å². The molecule has 0 spiro atoms. The molecule has 4 nitrogen and oxygen atoms in total. The molecule has 0 atom stereocenters. The van der Waals surface area contributed by atoms with Crippen LogP contribution in [0.4, 0.5) is 5.69 Å². The van der Waals surface area contributed by atoms with Crippen LogP contribution in [0.2, 0.25) is 0 Å². The highest BCUT2D eigenvalue weighted by atomic mass is 16.4. The van der Waals surface area contributed by atoms with E-state index in [2.05, 4.69) is 4.99 Å². The number of rotatable bonds is 1. The molecular formula is C9H10N2O2. The summed E-state index contributed by atoms with van der Waals surface area (Å²) in [6.45, 7) is 1.94. The zero-order chi connectivity index (χ0) is 9.84. The maximum atomic E-state index is 10.3. The Balaban J connectivity index is 2.92. The largest absolute Gasteiger partial charge is 0.475 e. The van der Waals surface area contributed by atoms with E-state index in [4.69, 9.17) is 10.8 Å². The van der Waals surface area contributed by atoms with Gasteiger partial charge in [-0.1, -0.05) is 17.7 Å². The van der Waals surface area contributed by atoms with Crippen LogP contribution in [0.5, 0.6) is 0 Å². The minimum atomic E-state index is -1.21. The predicted molar refractivity (Wildman–Crippen MR) is 50.1 cm³/mol. The summed E-state index contributed by atoms with van der Waals surface area (Å²) in [6.07, 6.45) is 0. The Morgan fingerprint density at radius 1 is 1.38 bits per heavy atom. The average molecular weight is 178 g/mol. The molecule has 0 aliphatic carbocycles. The standard InChI is InChI=1S/C9H10N2O2/c1-6-2-4-7(5-3-6)11-8(10)9(12)13/h2-5H,1H3,(H2,10,11)(H,12,13). The van der Waals surface area contributed by atoms with Crippen LogP contribution in [-0.2, 0) is 4.79 Å². The summed E-state index contributed by atoms with van der Waals surface area (Å²) >= 11 is 0. The third-order valence-corrected chi connectivity index (χ3v) is 1.50. The van der Waals surface area contributed by atoms with Crippen molar-refractivity contribution >= 4 is 17.5 Å². The van der Waals surface area contributed by atoms with Crippen molar-refractivity contribution in [3.8, 4) is 0 Å². The van der Waals surface area contributed by atoms with Gasteiger partial charge in [-0.05, 0) is 19.1 Å². The van der Waals surface area contributed by atoms with E-state index < -0.39 is 11.8 Å². The zero-order valence-corrected chi connectivity index (χ0v) is 7.19. The third-order valence-electron chi connectivity index (χ3n) is 1.50. The lowest BCUT2D eigenvalue weighted by atomic mass is 10.2. The second kappa shape index (κ2) is 3.71. The number of nitrogens with zero attached hydrogens (tertiary/aromatic N) is 1. The van der Waals surface area contributed by atoms with E-state index in [1.807, 2.05) is 19.1 Å². The van der Waals surface area contributed by atoms with Crippen molar-refractivity contribution < 1.29 is 9.90 Å². The van der Waals surface area contributed by atoms with Crippen LogP contribution in [0, 0.1) is 6.92 Å². The molecule has 3 N–H and O–H groups in total. The van der Waals surface area contributed by atoms with E-state index in [-0.39, 0.29) is 0 Å². The molecule has 0 aliphatic heterocycles. The first kappa shape index (κ1) is 9.25. The Morgan fingerprint density at radius 2 is 1.92 bits per heavy atom. The molecule has 0 bridgehead atoms. The van der Waals surface area contributed by atoms with Crippen molar-refractivity contribution in [1.29, 1.82) is 0 Å². The van der Waals surface area contributed by atoms with E-state index in [0.29, 0.717) is 5.69 Å². The SMILES string of the molecule is Cc1ccc(N=C(N)C(=O)O)cc1. The van der Waals surface area contributed by atoms with E-state index in [9.17, 15) is 4.79 Å². The number of aliphatic carboxylic acids is 1. The van der Waals surface area contributed by atoms with Gasteiger partial charge in [-0.3, -0.25) is 0 Å². The second-order valence-electron chi connectivity index (χ2n) is 2.64. The fourth-order valence-electron chi connectivity index (χ4n) is 0.806. The molecule has 68 valence electrons. The maximum absolute atomic E-state index is 10.3. The molecule has 0 saturated heterocycles. The Labute approximate surface area is 75.7 Å². The molecule has 0 aliphatic rings. The summed E-state index contributed by atoms with van der Waals surface area (Å²) in [6, 6.07) is 7.11. The number of amidine groups is 1. The number of hydrogen-bond donors (Lipinski definition) is 2. The second-order valence-corrected chi connectivity index (χ2v) is 2.64. The van der Waals surface area contributed by atoms with Gasteiger partial charge in [0.15, 0.2) is 0 Å². The molecular weight excluding hydrogens is 168 g/mol. The first-order valence-electron chi connectivity index (χ1n) is 3.73. The van der Waals surface area contributed by atoms with E-state index in [1.165, 1.54) is 0 Å². The van der Waals surface area contributed by atoms with Gasteiger partial charge in [-0.25, -0.2) is 9.79 Å². The average Bonchev–Trinajstić information content (AvgIpc) is 2.08. The van der Waals surface area contributed by atoms with E-state index in [1.54, 1.807) is 12.1 Å². The first-order chi connectivity index (χ1) is 6.09. The normalized spacial score (nSPS) is 11.3. The quantitative estimate of drug-likeness (QED) is 0.498. The van der Waals surface area contributed by atoms with Gasteiger partial charge in [0.05, 0.1) is 5.69 Å². The number of benzene rings is 1. The Hall–Kier alpha value is -1.84. The molecule has 0 saturated carbocycles. The van der Waals surface area contributed by atoms with E-state index in [0.717, 1.165) is 5.56 Å². The van der Waals surface area contributed by atoms with Gasteiger partial charge in [-0.2, -0.15) is 0 Å². The van der Waals surface area contributed by atoms with Crippen molar-refractivity contribution in [1.82, 2.24) is 0 Å². The molecule has 0 fully saturated rings. The fourth-order valence-corrected chi connectivity index (χ4v) is 0.806. The monoisotopic (exact) mass is 178 g/mol. The number of carboxylic acid groups (broad SMARTS) is 1. The Kier molecular flexibility index (Phi) is 2.64. The van der Waals surface area contributed by atoms with Crippen LogP contribution < -0.4 is 5.73 Å². The number of nitrogens with two attached hydrogens (primary N) is 1. The summed E-state index contributed by atoms with van der Waals surface area (Å²) in [5.41, 5.74) is 6.77. The van der Waals surface area contributed by atoms with Crippen molar-refractivity contribution in [2.75, 3.05) is 0 Å².